The van der Waals surface area contributed by atoms with Crippen LogP contribution in [0.25, 0.3) is 0 Å². The zero-order chi connectivity index (χ0) is 16.8. The molecular formula is C15H19N3O4S. The molecular weight excluding hydrogens is 318 g/mol. The van der Waals surface area contributed by atoms with Crippen LogP contribution in [0.5, 0.6) is 0 Å². The lowest BCUT2D eigenvalue weighted by Crippen LogP contribution is -2.48. The van der Waals surface area contributed by atoms with Crippen molar-refractivity contribution in [3.8, 4) is 0 Å². The van der Waals surface area contributed by atoms with Gasteiger partial charge in [0.1, 0.15) is 11.7 Å². The molecule has 0 bridgehead atoms. The number of esters is 1. The first-order valence-electron chi connectivity index (χ1n) is 7.40. The highest BCUT2D eigenvalue weighted by atomic mass is 32.2. The minimum absolute atomic E-state index is 0.0103. The SMILES string of the molecule is COC(=O)c1[nH]c(C)cc1NC(=O)C1CSC2(C)CCC(=O)N12. The second-order valence-electron chi connectivity index (χ2n) is 5.99. The summed E-state index contributed by atoms with van der Waals surface area (Å²) in [5.74, 6) is -0.251. The highest BCUT2D eigenvalue weighted by molar-refractivity contribution is 8.01. The second kappa shape index (κ2) is 5.59. The maximum atomic E-state index is 12.6. The number of nitrogens with zero attached hydrogens (tertiary/aromatic N) is 1. The van der Waals surface area contributed by atoms with E-state index >= 15 is 0 Å². The number of aromatic nitrogens is 1. The molecule has 124 valence electrons. The largest absolute Gasteiger partial charge is 0.464 e. The number of ether oxygens (including phenoxy) is 1. The summed E-state index contributed by atoms with van der Waals surface area (Å²) in [4.78, 5) is 40.8. The third-order valence-corrected chi connectivity index (χ3v) is 5.85. The highest BCUT2D eigenvalue weighted by Crippen LogP contribution is 2.47. The lowest BCUT2D eigenvalue weighted by atomic mass is 10.2. The molecule has 2 atom stereocenters. The van der Waals surface area contributed by atoms with Crippen molar-refractivity contribution in [1.82, 2.24) is 9.88 Å². The second-order valence-corrected chi connectivity index (χ2v) is 7.49. The molecule has 1 aromatic rings. The Hall–Kier alpha value is -1.96. The maximum Gasteiger partial charge on any atom is 0.356 e. The average molecular weight is 337 g/mol. The molecule has 7 nitrogen and oxygen atoms in total. The van der Waals surface area contributed by atoms with Crippen molar-refractivity contribution in [2.24, 2.45) is 0 Å². The standard InChI is InChI=1S/C15H19N3O4S/c1-8-6-9(12(16-8)14(21)22-3)17-13(20)10-7-23-15(2)5-4-11(19)18(10)15/h6,10,16H,4-5,7H2,1-3H3,(H,17,20). The smallest absolute Gasteiger partial charge is 0.356 e. The molecule has 2 N–H and O–H groups in total. The number of hydrogen-bond acceptors (Lipinski definition) is 5. The molecule has 0 radical (unpaired) electrons. The Labute approximate surface area is 138 Å². The summed E-state index contributed by atoms with van der Waals surface area (Å²) in [5.41, 5.74) is 1.33. The van der Waals surface area contributed by atoms with Crippen molar-refractivity contribution in [2.45, 2.75) is 37.6 Å². The number of H-pyrrole nitrogens is 1. The molecule has 3 rings (SSSR count). The number of aryl methyl sites for hydroxylation is 1. The third kappa shape index (κ3) is 2.60. The fourth-order valence-corrected chi connectivity index (χ4v) is 4.61. The molecule has 2 amide bonds. The van der Waals surface area contributed by atoms with Crippen LogP contribution in [0.15, 0.2) is 6.07 Å². The van der Waals surface area contributed by atoms with Crippen LogP contribution in [0.1, 0.15) is 35.9 Å². The Morgan fingerprint density at radius 3 is 2.96 bits per heavy atom. The number of aromatic amines is 1. The van der Waals surface area contributed by atoms with Crippen molar-refractivity contribution in [1.29, 1.82) is 0 Å². The van der Waals surface area contributed by atoms with E-state index in [1.165, 1.54) is 7.11 Å². The fourth-order valence-electron chi connectivity index (χ4n) is 3.18. The van der Waals surface area contributed by atoms with Gasteiger partial charge in [-0.2, -0.15) is 0 Å². The number of rotatable bonds is 3. The van der Waals surface area contributed by atoms with Crippen molar-refractivity contribution < 1.29 is 19.1 Å². The Balaban J connectivity index is 1.81. The first-order chi connectivity index (χ1) is 10.9. The van der Waals surface area contributed by atoms with Gasteiger partial charge in [-0.25, -0.2) is 4.79 Å². The summed E-state index contributed by atoms with van der Waals surface area (Å²) in [7, 11) is 1.28. The Bertz CT molecular complexity index is 686. The van der Waals surface area contributed by atoms with Crippen molar-refractivity contribution >= 4 is 35.2 Å². The van der Waals surface area contributed by atoms with Crippen molar-refractivity contribution in [3.05, 3.63) is 17.5 Å². The van der Waals surface area contributed by atoms with Gasteiger partial charge in [0.25, 0.3) is 0 Å². The Morgan fingerprint density at radius 2 is 2.26 bits per heavy atom. The van der Waals surface area contributed by atoms with E-state index in [0.29, 0.717) is 17.9 Å². The third-order valence-electron chi connectivity index (χ3n) is 4.35. The van der Waals surface area contributed by atoms with Crippen LogP contribution >= 0.6 is 11.8 Å². The number of carbonyl (C=O) groups is 3. The molecule has 2 unspecified atom stereocenters. The summed E-state index contributed by atoms with van der Waals surface area (Å²) in [6.07, 6.45) is 1.24. The first-order valence-corrected chi connectivity index (χ1v) is 8.39. The van der Waals surface area contributed by atoms with E-state index in [-0.39, 0.29) is 22.4 Å². The summed E-state index contributed by atoms with van der Waals surface area (Å²) >= 11 is 1.63. The number of thioether (sulfide) groups is 1. The molecule has 3 heterocycles. The van der Waals surface area contributed by atoms with E-state index in [9.17, 15) is 14.4 Å². The van der Waals surface area contributed by atoms with E-state index < -0.39 is 12.0 Å². The lowest BCUT2D eigenvalue weighted by molar-refractivity contribution is -0.135. The number of nitrogens with one attached hydrogen (secondary N) is 2. The molecule has 0 aliphatic carbocycles. The van der Waals surface area contributed by atoms with E-state index in [0.717, 1.165) is 12.1 Å². The average Bonchev–Trinajstić information content (AvgIpc) is 3.12. The molecule has 2 fully saturated rings. The normalized spacial score (nSPS) is 26.3. The monoisotopic (exact) mass is 337 g/mol. The van der Waals surface area contributed by atoms with Gasteiger partial charge in [0, 0.05) is 17.9 Å². The molecule has 2 aliphatic heterocycles. The molecule has 23 heavy (non-hydrogen) atoms. The van der Waals surface area contributed by atoms with Gasteiger partial charge >= 0.3 is 5.97 Å². The van der Waals surface area contributed by atoms with Gasteiger partial charge in [-0.15, -0.1) is 11.8 Å². The van der Waals surface area contributed by atoms with Crippen LogP contribution in [0, 0.1) is 6.92 Å². The zero-order valence-electron chi connectivity index (χ0n) is 13.3. The molecule has 2 aliphatic rings. The number of fused-ring (bicyclic) bond motifs is 1. The molecule has 2 saturated heterocycles. The Morgan fingerprint density at radius 1 is 1.52 bits per heavy atom. The van der Waals surface area contributed by atoms with Gasteiger partial charge in [0.05, 0.1) is 17.7 Å². The number of amides is 2. The summed E-state index contributed by atoms with van der Waals surface area (Å²) in [5, 5.41) is 2.76. The minimum Gasteiger partial charge on any atom is -0.464 e. The molecule has 0 aromatic carbocycles. The van der Waals surface area contributed by atoms with E-state index in [4.69, 9.17) is 4.74 Å². The van der Waals surface area contributed by atoms with Crippen LogP contribution in [-0.2, 0) is 14.3 Å². The number of methoxy groups -OCH3 is 1. The van der Waals surface area contributed by atoms with Crippen LogP contribution < -0.4 is 5.32 Å². The van der Waals surface area contributed by atoms with Gasteiger partial charge in [-0.05, 0) is 26.3 Å². The number of hydrogen-bond donors (Lipinski definition) is 2. The summed E-state index contributed by atoms with van der Waals surface area (Å²) < 4.78 is 4.71. The van der Waals surface area contributed by atoms with Gasteiger partial charge in [-0.3, -0.25) is 9.59 Å². The van der Waals surface area contributed by atoms with Crippen LogP contribution in [-0.4, -0.2) is 51.4 Å². The van der Waals surface area contributed by atoms with E-state index in [1.807, 2.05) is 6.92 Å². The fraction of sp³-hybridized carbons (Fsp3) is 0.533. The predicted octanol–water partition coefficient (Wildman–Crippen LogP) is 1.50. The van der Waals surface area contributed by atoms with E-state index in [2.05, 4.69) is 10.3 Å². The maximum absolute atomic E-state index is 12.6. The first kappa shape index (κ1) is 15.9. The summed E-state index contributed by atoms with van der Waals surface area (Å²) in [6.45, 7) is 3.78. The molecule has 0 saturated carbocycles. The topological polar surface area (TPSA) is 91.5 Å². The van der Waals surface area contributed by atoms with Crippen molar-refractivity contribution in [2.75, 3.05) is 18.2 Å². The van der Waals surface area contributed by atoms with Gasteiger partial charge in [-0.1, -0.05) is 0 Å². The van der Waals surface area contributed by atoms with Crippen LogP contribution in [0.2, 0.25) is 0 Å². The highest BCUT2D eigenvalue weighted by Gasteiger charge is 2.52. The van der Waals surface area contributed by atoms with Gasteiger partial charge in [0.15, 0.2) is 0 Å². The Kier molecular flexibility index (Phi) is 3.87. The quantitative estimate of drug-likeness (QED) is 0.816. The predicted molar refractivity (Wildman–Crippen MR) is 86.2 cm³/mol. The van der Waals surface area contributed by atoms with Gasteiger partial charge in [0.2, 0.25) is 11.8 Å². The number of anilines is 1. The molecule has 8 heteroatoms. The minimum atomic E-state index is -0.545. The van der Waals surface area contributed by atoms with Gasteiger partial charge < -0.3 is 19.9 Å². The number of carbonyl (C=O) groups excluding carboxylic acids is 3. The summed E-state index contributed by atoms with van der Waals surface area (Å²) in [6, 6.07) is 1.16. The van der Waals surface area contributed by atoms with Crippen molar-refractivity contribution in [3.63, 3.8) is 0 Å². The van der Waals surface area contributed by atoms with Crippen LogP contribution in [0.3, 0.4) is 0 Å². The van der Waals surface area contributed by atoms with Crippen LogP contribution in [0.4, 0.5) is 5.69 Å². The lowest BCUT2D eigenvalue weighted by Gasteiger charge is -2.29. The molecule has 1 aromatic heterocycles. The molecule has 0 spiro atoms. The van der Waals surface area contributed by atoms with E-state index in [1.54, 1.807) is 29.7 Å². The zero-order valence-corrected chi connectivity index (χ0v) is 14.1.